The highest BCUT2D eigenvalue weighted by molar-refractivity contribution is 6.32. The summed E-state index contributed by atoms with van der Waals surface area (Å²) in [5.41, 5.74) is -0.139. The Kier molecular flexibility index (Phi) is 5.76. The number of nitro benzene ring substituents is 1. The van der Waals surface area contributed by atoms with Gasteiger partial charge in [0.25, 0.3) is 11.6 Å². The Bertz CT molecular complexity index is 505. The number of rotatable bonds is 6. The highest BCUT2D eigenvalue weighted by Crippen LogP contribution is 2.28. The maximum atomic E-state index is 11.6. The summed E-state index contributed by atoms with van der Waals surface area (Å²) < 4.78 is 5.22. The zero-order chi connectivity index (χ0) is 15.3. The van der Waals surface area contributed by atoms with Crippen molar-refractivity contribution in [3.63, 3.8) is 0 Å². The molecule has 1 amide bonds. The molecule has 1 unspecified atom stereocenters. The maximum absolute atomic E-state index is 11.6. The monoisotopic (exact) mass is 300 g/mol. The normalized spacial score (nSPS) is 12.1. The van der Waals surface area contributed by atoms with Crippen LogP contribution in [0.15, 0.2) is 18.2 Å². The van der Waals surface area contributed by atoms with E-state index in [9.17, 15) is 14.9 Å². The van der Waals surface area contributed by atoms with Crippen molar-refractivity contribution in [3.05, 3.63) is 33.3 Å². The van der Waals surface area contributed by atoms with Crippen LogP contribution in [0.3, 0.4) is 0 Å². The summed E-state index contributed by atoms with van der Waals surface area (Å²) in [6, 6.07) is 3.85. The number of hydrogen-bond acceptors (Lipinski definition) is 4. The van der Waals surface area contributed by atoms with Gasteiger partial charge >= 0.3 is 0 Å². The zero-order valence-electron chi connectivity index (χ0n) is 11.6. The largest absolute Gasteiger partial charge is 0.482 e. The van der Waals surface area contributed by atoms with E-state index in [0.717, 1.165) is 0 Å². The molecule has 0 fully saturated rings. The number of nitrogens with zero attached hydrogens (tertiary/aromatic N) is 1. The molecule has 20 heavy (non-hydrogen) atoms. The van der Waals surface area contributed by atoms with E-state index in [1.165, 1.54) is 18.2 Å². The van der Waals surface area contributed by atoms with Crippen LogP contribution in [0.25, 0.3) is 0 Å². The number of benzene rings is 1. The highest BCUT2D eigenvalue weighted by Gasteiger charge is 2.14. The second kappa shape index (κ2) is 7.09. The fourth-order valence-corrected chi connectivity index (χ4v) is 1.49. The second-order valence-corrected chi connectivity index (χ2v) is 5.17. The van der Waals surface area contributed by atoms with Crippen LogP contribution >= 0.6 is 11.6 Å². The summed E-state index contributed by atoms with van der Waals surface area (Å²) in [4.78, 5) is 21.7. The maximum Gasteiger partial charge on any atom is 0.273 e. The predicted molar refractivity (Wildman–Crippen MR) is 76.0 cm³/mol. The van der Waals surface area contributed by atoms with Crippen LogP contribution in [0, 0.1) is 16.0 Å². The van der Waals surface area contributed by atoms with E-state index in [0.29, 0.717) is 5.92 Å². The minimum absolute atomic E-state index is 0.0201. The summed E-state index contributed by atoms with van der Waals surface area (Å²) in [6.45, 7) is 5.63. The summed E-state index contributed by atoms with van der Waals surface area (Å²) in [7, 11) is 0. The van der Waals surface area contributed by atoms with Gasteiger partial charge in [0.2, 0.25) is 0 Å². The van der Waals surface area contributed by atoms with Crippen LogP contribution in [0.2, 0.25) is 5.02 Å². The zero-order valence-corrected chi connectivity index (χ0v) is 12.3. The SMILES string of the molecule is CC(C)C(C)NC(=O)COc1cc([N+](=O)[O-])ccc1Cl. The highest BCUT2D eigenvalue weighted by atomic mass is 35.5. The summed E-state index contributed by atoms with van der Waals surface area (Å²) in [5.74, 6) is 0.127. The number of amides is 1. The Morgan fingerprint density at radius 3 is 2.65 bits per heavy atom. The molecule has 0 radical (unpaired) electrons. The van der Waals surface area contributed by atoms with Crippen molar-refractivity contribution in [2.45, 2.75) is 26.8 Å². The molecule has 110 valence electrons. The van der Waals surface area contributed by atoms with Crippen LogP contribution in [0.4, 0.5) is 5.69 Å². The van der Waals surface area contributed by atoms with E-state index >= 15 is 0 Å². The number of nitro groups is 1. The molecule has 0 bridgehead atoms. The molecule has 0 heterocycles. The lowest BCUT2D eigenvalue weighted by Gasteiger charge is -2.17. The summed E-state index contributed by atoms with van der Waals surface area (Å²) >= 11 is 5.86. The third-order valence-corrected chi connectivity index (χ3v) is 3.19. The van der Waals surface area contributed by atoms with Crippen molar-refractivity contribution in [1.82, 2.24) is 5.32 Å². The first-order valence-electron chi connectivity index (χ1n) is 6.17. The van der Waals surface area contributed by atoms with Gasteiger partial charge in [0, 0.05) is 12.1 Å². The first-order chi connectivity index (χ1) is 9.31. The number of non-ortho nitro benzene ring substituents is 1. The predicted octanol–water partition coefficient (Wildman–Crippen LogP) is 2.79. The van der Waals surface area contributed by atoms with Gasteiger partial charge in [0.05, 0.1) is 16.0 Å². The van der Waals surface area contributed by atoms with Crippen molar-refractivity contribution in [2.75, 3.05) is 6.61 Å². The van der Waals surface area contributed by atoms with Crippen LogP contribution in [0.5, 0.6) is 5.75 Å². The van der Waals surface area contributed by atoms with E-state index in [-0.39, 0.29) is 35.0 Å². The molecule has 0 aliphatic carbocycles. The van der Waals surface area contributed by atoms with Crippen molar-refractivity contribution in [3.8, 4) is 5.75 Å². The number of halogens is 1. The van der Waals surface area contributed by atoms with Gasteiger partial charge in [-0.2, -0.15) is 0 Å². The lowest BCUT2D eigenvalue weighted by Crippen LogP contribution is -2.38. The molecule has 1 rings (SSSR count). The lowest BCUT2D eigenvalue weighted by atomic mass is 10.1. The van der Waals surface area contributed by atoms with Gasteiger partial charge in [-0.3, -0.25) is 14.9 Å². The van der Waals surface area contributed by atoms with Crippen LogP contribution < -0.4 is 10.1 Å². The van der Waals surface area contributed by atoms with Crippen molar-refractivity contribution >= 4 is 23.2 Å². The van der Waals surface area contributed by atoms with Crippen LogP contribution in [-0.4, -0.2) is 23.5 Å². The lowest BCUT2D eigenvalue weighted by molar-refractivity contribution is -0.384. The minimum atomic E-state index is -0.551. The number of carbonyl (C=O) groups excluding carboxylic acids is 1. The Balaban J connectivity index is 2.63. The molecule has 0 saturated heterocycles. The van der Waals surface area contributed by atoms with E-state index in [4.69, 9.17) is 16.3 Å². The molecule has 0 aliphatic rings. The first kappa shape index (κ1) is 16.2. The molecule has 1 aromatic carbocycles. The topological polar surface area (TPSA) is 81.5 Å². The summed E-state index contributed by atoms with van der Waals surface area (Å²) in [5, 5.41) is 13.6. The second-order valence-electron chi connectivity index (χ2n) is 4.76. The van der Waals surface area contributed by atoms with Crippen molar-refractivity contribution in [2.24, 2.45) is 5.92 Å². The average molecular weight is 301 g/mol. The Hall–Kier alpha value is -1.82. The molecule has 0 spiro atoms. The van der Waals surface area contributed by atoms with E-state index < -0.39 is 4.92 Å². The third kappa shape index (κ3) is 4.70. The number of hydrogen-bond donors (Lipinski definition) is 1. The summed E-state index contributed by atoms with van der Waals surface area (Å²) in [6.07, 6.45) is 0. The number of carbonyl (C=O) groups is 1. The number of ether oxygens (including phenoxy) is 1. The van der Waals surface area contributed by atoms with Gasteiger partial charge in [-0.25, -0.2) is 0 Å². The van der Waals surface area contributed by atoms with Gasteiger partial charge in [-0.1, -0.05) is 25.4 Å². The molecular weight excluding hydrogens is 284 g/mol. The molecule has 0 aliphatic heterocycles. The molecule has 0 aromatic heterocycles. The molecule has 0 saturated carbocycles. The fourth-order valence-electron chi connectivity index (χ4n) is 1.32. The molecule has 1 N–H and O–H groups in total. The Labute approximate surface area is 122 Å². The quantitative estimate of drug-likeness (QED) is 0.647. The van der Waals surface area contributed by atoms with Gasteiger partial charge in [-0.15, -0.1) is 0 Å². The van der Waals surface area contributed by atoms with Gasteiger partial charge in [0.15, 0.2) is 6.61 Å². The van der Waals surface area contributed by atoms with Gasteiger partial charge in [-0.05, 0) is 18.9 Å². The minimum Gasteiger partial charge on any atom is -0.482 e. The van der Waals surface area contributed by atoms with Crippen LogP contribution in [-0.2, 0) is 4.79 Å². The molecule has 1 aromatic rings. The average Bonchev–Trinajstić information content (AvgIpc) is 2.37. The van der Waals surface area contributed by atoms with Gasteiger partial charge < -0.3 is 10.1 Å². The first-order valence-corrected chi connectivity index (χ1v) is 6.55. The smallest absolute Gasteiger partial charge is 0.273 e. The van der Waals surface area contributed by atoms with E-state index in [2.05, 4.69) is 5.32 Å². The van der Waals surface area contributed by atoms with Gasteiger partial charge in [0.1, 0.15) is 5.75 Å². The molecule has 6 nitrogen and oxygen atoms in total. The van der Waals surface area contributed by atoms with E-state index in [1.807, 2.05) is 20.8 Å². The van der Waals surface area contributed by atoms with E-state index in [1.54, 1.807) is 0 Å². The molecular formula is C13H17ClN2O4. The van der Waals surface area contributed by atoms with Crippen LogP contribution in [0.1, 0.15) is 20.8 Å². The van der Waals surface area contributed by atoms with Crippen molar-refractivity contribution in [1.29, 1.82) is 0 Å². The standard InChI is InChI=1S/C13H17ClN2O4/c1-8(2)9(3)15-13(17)7-20-12-6-10(16(18)19)4-5-11(12)14/h4-6,8-9H,7H2,1-3H3,(H,15,17). The molecule has 7 heteroatoms. The Morgan fingerprint density at radius 1 is 1.45 bits per heavy atom. The van der Waals surface area contributed by atoms with Crippen molar-refractivity contribution < 1.29 is 14.5 Å². The Morgan fingerprint density at radius 2 is 2.10 bits per heavy atom. The fraction of sp³-hybridized carbons (Fsp3) is 0.462. The number of nitrogens with one attached hydrogen (secondary N) is 1. The third-order valence-electron chi connectivity index (χ3n) is 2.87. The molecule has 1 atom stereocenters.